The summed E-state index contributed by atoms with van der Waals surface area (Å²) in [5.41, 5.74) is 1.26. The Labute approximate surface area is 91.4 Å². The van der Waals surface area contributed by atoms with Gasteiger partial charge in [-0.1, -0.05) is 0 Å². The number of thiophene rings is 1. The minimum atomic E-state index is 0.255. The van der Waals surface area contributed by atoms with Crippen molar-refractivity contribution < 1.29 is 0 Å². The molecule has 0 amide bonds. The average Bonchev–Trinajstić information content (AvgIpc) is 2.87. The molecule has 3 nitrogen and oxygen atoms in total. The molecule has 0 aromatic carbocycles. The lowest BCUT2D eigenvalue weighted by atomic mass is 10.2. The monoisotopic (exact) mass is 227 g/mol. The molecule has 1 atom stereocenters. The van der Waals surface area contributed by atoms with E-state index < -0.39 is 0 Å². The van der Waals surface area contributed by atoms with Crippen LogP contribution in [0.15, 0.2) is 23.2 Å². The molecule has 0 bridgehead atoms. The van der Waals surface area contributed by atoms with E-state index in [0.717, 1.165) is 5.82 Å². The second-order valence-electron chi connectivity index (χ2n) is 3.02. The number of halogens is 1. The minimum absolute atomic E-state index is 0.255. The molecule has 2 aromatic rings. The van der Waals surface area contributed by atoms with E-state index >= 15 is 0 Å². The zero-order valence-corrected chi connectivity index (χ0v) is 9.29. The van der Waals surface area contributed by atoms with Gasteiger partial charge >= 0.3 is 0 Å². The van der Waals surface area contributed by atoms with E-state index in [4.69, 9.17) is 11.6 Å². The van der Waals surface area contributed by atoms with Gasteiger partial charge in [0.2, 0.25) is 0 Å². The average molecular weight is 228 g/mol. The molecular weight excluding hydrogens is 218 g/mol. The van der Waals surface area contributed by atoms with Gasteiger partial charge in [0.05, 0.1) is 11.9 Å². The summed E-state index contributed by atoms with van der Waals surface area (Å²) in [7, 11) is 0. The Bertz CT molecular complexity index is 396. The molecule has 0 aliphatic heterocycles. The highest BCUT2D eigenvalue weighted by Gasteiger charge is 2.12. The van der Waals surface area contributed by atoms with E-state index in [2.05, 4.69) is 33.9 Å². The largest absolute Gasteiger partial charge is 0.309 e. The maximum Gasteiger partial charge on any atom is 0.148 e. The Hall–Kier alpha value is -0.870. The zero-order valence-electron chi connectivity index (χ0n) is 7.72. The van der Waals surface area contributed by atoms with E-state index in [-0.39, 0.29) is 6.04 Å². The molecule has 0 spiro atoms. The molecule has 0 saturated carbocycles. The van der Waals surface area contributed by atoms with Crippen LogP contribution < -0.4 is 0 Å². The van der Waals surface area contributed by atoms with Crippen molar-refractivity contribution >= 4 is 22.9 Å². The van der Waals surface area contributed by atoms with Gasteiger partial charge in [0.15, 0.2) is 0 Å². The first kappa shape index (κ1) is 9.68. The van der Waals surface area contributed by atoms with Gasteiger partial charge < -0.3 is 4.57 Å². The summed E-state index contributed by atoms with van der Waals surface area (Å²) in [4.78, 5) is 0. The summed E-state index contributed by atoms with van der Waals surface area (Å²) in [6.45, 7) is 2.11. The van der Waals surface area contributed by atoms with Crippen molar-refractivity contribution in [3.63, 3.8) is 0 Å². The molecular formula is C9H10ClN3S. The Morgan fingerprint density at radius 3 is 3.14 bits per heavy atom. The van der Waals surface area contributed by atoms with Crippen molar-refractivity contribution in [2.45, 2.75) is 18.8 Å². The van der Waals surface area contributed by atoms with Crippen molar-refractivity contribution in [1.29, 1.82) is 0 Å². The van der Waals surface area contributed by atoms with Crippen LogP contribution in [0.1, 0.15) is 24.4 Å². The van der Waals surface area contributed by atoms with Crippen molar-refractivity contribution in [2.24, 2.45) is 0 Å². The van der Waals surface area contributed by atoms with Crippen molar-refractivity contribution in [3.8, 4) is 0 Å². The summed E-state index contributed by atoms with van der Waals surface area (Å²) in [5, 5.41) is 12.0. The molecule has 2 heterocycles. The van der Waals surface area contributed by atoms with E-state index in [1.165, 1.54) is 5.56 Å². The lowest BCUT2D eigenvalue weighted by Crippen LogP contribution is -2.07. The van der Waals surface area contributed by atoms with Gasteiger partial charge in [0.25, 0.3) is 0 Å². The maximum absolute atomic E-state index is 5.76. The lowest BCUT2D eigenvalue weighted by molar-refractivity contribution is 0.616. The van der Waals surface area contributed by atoms with Crippen LogP contribution in [0.25, 0.3) is 0 Å². The van der Waals surface area contributed by atoms with Gasteiger partial charge in [-0.2, -0.15) is 11.3 Å². The number of alkyl halides is 1. The fourth-order valence-electron chi connectivity index (χ4n) is 1.36. The first-order valence-electron chi connectivity index (χ1n) is 4.29. The molecule has 2 aromatic heterocycles. The van der Waals surface area contributed by atoms with Crippen LogP contribution in [-0.4, -0.2) is 14.8 Å². The van der Waals surface area contributed by atoms with E-state index in [0.29, 0.717) is 5.88 Å². The van der Waals surface area contributed by atoms with Gasteiger partial charge in [-0.05, 0) is 29.3 Å². The predicted molar refractivity (Wildman–Crippen MR) is 57.7 cm³/mol. The topological polar surface area (TPSA) is 30.7 Å². The predicted octanol–water partition coefficient (Wildman–Crippen LogP) is 2.69. The smallest absolute Gasteiger partial charge is 0.148 e. The summed E-state index contributed by atoms with van der Waals surface area (Å²) in [6, 6.07) is 2.36. The molecule has 1 unspecified atom stereocenters. The highest BCUT2D eigenvalue weighted by molar-refractivity contribution is 7.07. The quantitative estimate of drug-likeness (QED) is 0.755. The molecule has 0 aliphatic carbocycles. The van der Waals surface area contributed by atoms with Crippen molar-refractivity contribution in [3.05, 3.63) is 34.5 Å². The molecule has 74 valence electrons. The molecule has 2 rings (SSSR count). The summed E-state index contributed by atoms with van der Waals surface area (Å²) in [6.07, 6.45) is 1.72. The van der Waals surface area contributed by atoms with Crippen LogP contribution in [0.3, 0.4) is 0 Å². The molecule has 0 N–H and O–H groups in total. The Kier molecular flexibility index (Phi) is 2.84. The van der Waals surface area contributed by atoms with Gasteiger partial charge in [-0.3, -0.25) is 0 Å². The first-order valence-corrected chi connectivity index (χ1v) is 5.77. The van der Waals surface area contributed by atoms with Gasteiger partial charge in [-0.15, -0.1) is 21.8 Å². The van der Waals surface area contributed by atoms with Crippen LogP contribution >= 0.6 is 22.9 Å². The first-order chi connectivity index (χ1) is 6.83. The van der Waals surface area contributed by atoms with Gasteiger partial charge in [0.1, 0.15) is 12.2 Å². The SMILES string of the molecule is CC(c1ccsc1)n1cnnc1CCl. The Morgan fingerprint density at radius 1 is 1.64 bits per heavy atom. The third-order valence-corrected chi connectivity index (χ3v) is 3.15. The second-order valence-corrected chi connectivity index (χ2v) is 4.07. The van der Waals surface area contributed by atoms with Crippen molar-refractivity contribution in [1.82, 2.24) is 14.8 Å². The highest BCUT2D eigenvalue weighted by atomic mass is 35.5. The number of hydrogen-bond acceptors (Lipinski definition) is 3. The van der Waals surface area contributed by atoms with Crippen LogP contribution in [0.4, 0.5) is 0 Å². The highest BCUT2D eigenvalue weighted by Crippen LogP contribution is 2.21. The number of aromatic nitrogens is 3. The van der Waals surface area contributed by atoms with Crippen LogP contribution in [0.5, 0.6) is 0 Å². The zero-order chi connectivity index (χ0) is 9.97. The fourth-order valence-corrected chi connectivity index (χ4v) is 2.30. The second kappa shape index (κ2) is 4.11. The third-order valence-electron chi connectivity index (χ3n) is 2.21. The standard InChI is InChI=1S/C9H10ClN3S/c1-7(8-2-3-14-5-8)13-6-11-12-9(13)4-10/h2-3,5-7H,4H2,1H3. The maximum atomic E-state index is 5.76. The Morgan fingerprint density at radius 2 is 2.50 bits per heavy atom. The molecule has 0 radical (unpaired) electrons. The van der Waals surface area contributed by atoms with Crippen LogP contribution in [-0.2, 0) is 5.88 Å². The van der Waals surface area contributed by atoms with Crippen LogP contribution in [0.2, 0.25) is 0 Å². The Balaban J connectivity index is 2.31. The minimum Gasteiger partial charge on any atom is -0.309 e. The fraction of sp³-hybridized carbons (Fsp3) is 0.333. The molecule has 0 aliphatic rings. The van der Waals surface area contributed by atoms with Crippen molar-refractivity contribution in [2.75, 3.05) is 0 Å². The number of hydrogen-bond donors (Lipinski definition) is 0. The lowest BCUT2D eigenvalue weighted by Gasteiger charge is -2.12. The summed E-state index contributed by atoms with van der Waals surface area (Å²) in [5.74, 6) is 1.21. The van der Waals surface area contributed by atoms with Crippen LogP contribution in [0, 0.1) is 0 Å². The molecule has 14 heavy (non-hydrogen) atoms. The van der Waals surface area contributed by atoms with Gasteiger partial charge in [0, 0.05) is 0 Å². The molecule has 0 saturated heterocycles. The van der Waals surface area contributed by atoms with E-state index in [1.54, 1.807) is 17.7 Å². The molecule has 5 heteroatoms. The number of rotatable bonds is 3. The van der Waals surface area contributed by atoms with Gasteiger partial charge in [-0.25, -0.2) is 0 Å². The normalized spacial score (nSPS) is 13.0. The summed E-state index contributed by atoms with van der Waals surface area (Å²) >= 11 is 7.45. The third kappa shape index (κ3) is 1.67. The van der Waals surface area contributed by atoms with E-state index in [9.17, 15) is 0 Å². The van der Waals surface area contributed by atoms with E-state index in [1.807, 2.05) is 4.57 Å². The number of nitrogens with zero attached hydrogens (tertiary/aromatic N) is 3. The molecule has 0 fully saturated rings. The summed E-state index contributed by atoms with van der Waals surface area (Å²) < 4.78 is 2.00.